The number of hydrogen-bond acceptors (Lipinski definition) is 3. The fourth-order valence-electron chi connectivity index (χ4n) is 1.80. The summed E-state index contributed by atoms with van der Waals surface area (Å²) in [6.07, 6.45) is 5.47. The van der Waals surface area contributed by atoms with Crippen LogP contribution in [-0.2, 0) is 6.54 Å². The molecule has 2 rings (SSSR count). The van der Waals surface area contributed by atoms with E-state index in [0.29, 0.717) is 17.7 Å². The molecule has 1 N–H and O–H groups in total. The first kappa shape index (κ1) is 12.9. The minimum absolute atomic E-state index is 0.399. The molecule has 0 bridgehead atoms. The van der Waals surface area contributed by atoms with Crippen molar-refractivity contribution in [2.45, 2.75) is 33.4 Å². The molecule has 0 aliphatic rings. The molecule has 0 saturated heterocycles. The van der Waals surface area contributed by atoms with Gasteiger partial charge in [0.15, 0.2) is 5.15 Å². The summed E-state index contributed by atoms with van der Waals surface area (Å²) < 4.78 is 2.13. The molecule has 18 heavy (non-hydrogen) atoms. The van der Waals surface area contributed by atoms with Crippen molar-refractivity contribution in [3.05, 3.63) is 41.2 Å². The molecular weight excluding hydrogens is 248 g/mol. The van der Waals surface area contributed by atoms with Gasteiger partial charge in [0.25, 0.3) is 0 Å². The molecule has 0 radical (unpaired) electrons. The fourth-order valence-corrected chi connectivity index (χ4v) is 1.97. The Kier molecular flexibility index (Phi) is 3.87. The van der Waals surface area contributed by atoms with E-state index in [0.717, 1.165) is 16.9 Å². The lowest BCUT2D eigenvalue weighted by molar-refractivity contribution is 0.577. The topological polar surface area (TPSA) is 42.7 Å². The van der Waals surface area contributed by atoms with Crippen molar-refractivity contribution in [3.63, 3.8) is 0 Å². The summed E-state index contributed by atoms with van der Waals surface area (Å²) in [5, 5.41) is 3.79. The zero-order valence-corrected chi connectivity index (χ0v) is 11.6. The Labute approximate surface area is 112 Å². The molecule has 0 aliphatic carbocycles. The number of aryl methyl sites for hydroxylation is 1. The van der Waals surface area contributed by atoms with E-state index in [-0.39, 0.29) is 0 Å². The molecule has 0 saturated carbocycles. The number of anilines is 1. The lowest BCUT2D eigenvalue weighted by Gasteiger charge is -2.13. The first-order chi connectivity index (χ1) is 8.58. The summed E-state index contributed by atoms with van der Waals surface area (Å²) in [5.74, 6) is 0. The highest BCUT2D eigenvalue weighted by molar-refractivity contribution is 6.31. The summed E-state index contributed by atoms with van der Waals surface area (Å²) >= 11 is 6.04. The first-order valence-electron chi connectivity index (χ1n) is 5.94. The Morgan fingerprint density at radius 2 is 2.17 bits per heavy atom. The summed E-state index contributed by atoms with van der Waals surface area (Å²) in [6.45, 7) is 6.94. The average molecular weight is 265 g/mol. The number of hydrogen-bond donors (Lipinski definition) is 1. The van der Waals surface area contributed by atoms with E-state index >= 15 is 0 Å². The van der Waals surface area contributed by atoms with E-state index < -0.39 is 0 Å². The molecular formula is C13H17ClN4. The quantitative estimate of drug-likeness (QED) is 0.861. The van der Waals surface area contributed by atoms with Gasteiger partial charge in [0.2, 0.25) is 0 Å². The minimum atomic E-state index is 0.399. The molecule has 0 fully saturated rings. The Hall–Kier alpha value is -1.55. The zero-order valence-electron chi connectivity index (χ0n) is 10.8. The van der Waals surface area contributed by atoms with Gasteiger partial charge in [-0.2, -0.15) is 0 Å². The third kappa shape index (κ3) is 2.82. The Balaban J connectivity index is 2.11. The highest BCUT2D eigenvalue weighted by Gasteiger charge is 2.06. The van der Waals surface area contributed by atoms with Crippen LogP contribution in [0.15, 0.2) is 24.8 Å². The van der Waals surface area contributed by atoms with Crippen LogP contribution in [0, 0.1) is 6.92 Å². The number of rotatable bonds is 4. The van der Waals surface area contributed by atoms with Crippen molar-refractivity contribution in [1.29, 1.82) is 0 Å². The standard InChI is InChI=1S/C13H17ClN4/c1-9(2)18-8-15-6-11(18)7-16-12-4-10(3)5-17-13(12)14/h4-6,8-9,16H,7H2,1-3H3. The summed E-state index contributed by atoms with van der Waals surface area (Å²) in [6, 6.07) is 2.39. The molecule has 2 heterocycles. The molecule has 0 aromatic carbocycles. The van der Waals surface area contributed by atoms with E-state index in [2.05, 4.69) is 33.7 Å². The second-order valence-electron chi connectivity index (χ2n) is 4.59. The summed E-state index contributed by atoms with van der Waals surface area (Å²) in [7, 11) is 0. The molecule has 0 spiro atoms. The maximum atomic E-state index is 6.04. The maximum Gasteiger partial charge on any atom is 0.152 e. The number of halogens is 1. The van der Waals surface area contributed by atoms with Gasteiger partial charge in [0.05, 0.1) is 24.3 Å². The minimum Gasteiger partial charge on any atom is -0.377 e. The molecule has 0 aliphatic heterocycles. The zero-order chi connectivity index (χ0) is 13.1. The third-order valence-electron chi connectivity index (χ3n) is 2.74. The predicted molar refractivity (Wildman–Crippen MR) is 73.9 cm³/mol. The molecule has 2 aromatic rings. The molecule has 96 valence electrons. The van der Waals surface area contributed by atoms with Gasteiger partial charge < -0.3 is 9.88 Å². The highest BCUT2D eigenvalue weighted by atomic mass is 35.5. The Morgan fingerprint density at radius 3 is 2.89 bits per heavy atom. The largest absolute Gasteiger partial charge is 0.377 e. The third-order valence-corrected chi connectivity index (χ3v) is 3.04. The van der Waals surface area contributed by atoms with Gasteiger partial charge in [-0.1, -0.05) is 11.6 Å². The summed E-state index contributed by atoms with van der Waals surface area (Å²) in [4.78, 5) is 8.29. The van der Waals surface area contributed by atoms with Crippen LogP contribution in [0.3, 0.4) is 0 Å². The monoisotopic (exact) mass is 264 g/mol. The van der Waals surface area contributed by atoms with Crippen molar-refractivity contribution in [3.8, 4) is 0 Å². The SMILES string of the molecule is Cc1cnc(Cl)c(NCc2cncn2C(C)C)c1. The van der Waals surface area contributed by atoms with Crippen LogP contribution >= 0.6 is 11.6 Å². The van der Waals surface area contributed by atoms with Crippen molar-refractivity contribution in [1.82, 2.24) is 14.5 Å². The lowest BCUT2D eigenvalue weighted by Crippen LogP contribution is -2.09. The first-order valence-corrected chi connectivity index (χ1v) is 6.32. The number of nitrogens with zero attached hydrogens (tertiary/aromatic N) is 3. The highest BCUT2D eigenvalue weighted by Crippen LogP contribution is 2.21. The van der Waals surface area contributed by atoms with E-state index in [1.54, 1.807) is 6.20 Å². The van der Waals surface area contributed by atoms with Crippen LogP contribution in [0.25, 0.3) is 0 Å². The Morgan fingerprint density at radius 1 is 1.39 bits per heavy atom. The van der Waals surface area contributed by atoms with Gasteiger partial charge in [0, 0.05) is 18.4 Å². The van der Waals surface area contributed by atoms with Crippen LogP contribution in [0.4, 0.5) is 5.69 Å². The molecule has 0 atom stereocenters. The number of pyridine rings is 1. The van der Waals surface area contributed by atoms with Crippen LogP contribution < -0.4 is 5.32 Å². The van der Waals surface area contributed by atoms with Gasteiger partial charge in [-0.05, 0) is 32.4 Å². The van der Waals surface area contributed by atoms with Crippen molar-refractivity contribution in [2.75, 3.05) is 5.32 Å². The Bertz CT molecular complexity index is 534. The van der Waals surface area contributed by atoms with Gasteiger partial charge >= 0.3 is 0 Å². The molecule has 5 heteroatoms. The van der Waals surface area contributed by atoms with Gasteiger partial charge in [-0.15, -0.1) is 0 Å². The summed E-state index contributed by atoms with van der Waals surface area (Å²) in [5.41, 5.74) is 3.06. The second-order valence-corrected chi connectivity index (χ2v) is 4.95. The molecule has 0 amide bonds. The van der Waals surface area contributed by atoms with Gasteiger partial charge in [0.1, 0.15) is 0 Å². The smallest absolute Gasteiger partial charge is 0.152 e. The van der Waals surface area contributed by atoms with Crippen molar-refractivity contribution < 1.29 is 0 Å². The maximum absolute atomic E-state index is 6.04. The lowest BCUT2D eigenvalue weighted by atomic mass is 10.3. The number of aromatic nitrogens is 3. The average Bonchev–Trinajstić information content (AvgIpc) is 2.79. The van der Waals surface area contributed by atoms with Gasteiger partial charge in [-0.25, -0.2) is 9.97 Å². The van der Waals surface area contributed by atoms with Crippen LogP contribution in [0.5, 0.6) is 0 Å². The van der Waals surface area contributed by atoms with Crippen LogP contribution in [-0.4, -0.2) is 14.5 Å². The number of imidazole rings is 1. The fraction of sp³-hybridized carbons (Fsp3) is 0.385. The van der Waals surface area contributed by atoms with Crippen LogP contribution in [0.1, 0.15) is 31.1 Å². The normalized spacial score (nSPS) is 10.9. The number of nitrogens with one attached hydrogen (secondary N) is 1. The van der Waals surface area contributed by atoms with Crippen LogP contribution in [0.2, 0.25) is 5.15 Å². The van der Waals surface area contributed by atoms with E-state index in [9.17, 15) is 0 Å². The van der Waals surface area contributed by atoms with E-state index in [4.69, 9.17) is 11.6 Å². The van der Waals surface area contributed by atoms with E-state index in [1.165, 1.54) is 0 Å². The molecule has 2 aromatic heterocycles. The molecule has 4 nitrogen and oxygen atoms in total. The molecule has 0 unspecified atom stereocenters. The second kappa shape index (κ2) is 5.40. The predicted octanol–water partition coefficient (Wildman–Crippen LogP) is 3.43. The van der Waals surface area contributed by atoms with E-state index in [1.807, 2.05) is 25.5 Å². The van der Waals surface area contributed by atoms with Gasteiger partial charge in [-0.3, -0.25) is 0 Å². The van der Waals surface area contributed by atoms with Crippen molar-refractivity contribution in [2.24, 2.45) is 0 Å². The van der Waals surface area contributed by atoms with Crippen molar-refractivity contribution >= 4 is 17.3 Å².